The number of nitrogens with two attached hydrogens (primary N) is 1. The van der Waals surface area contributed by atoms with Crippen LogP contribution in [0, 0.1) is 14.9 Å². The Morgan fingerprint density at radius 2 is 2.04 bits per heavy atom. The van der Waals surface area contributed by atoms with Gasteiger partial charge in [-0.25, -0.2) is 0 Å². The van der Waals surface area contributed by atoms with Crippen LogP contribution in [-0.2, 0) is 6.61 Å². The van der Waals surface area contributed by atoms with E-state index in [2.05, 4.69) is 22.6 Å². The van der Waals surface area contributed by atoms with Crippen molar-refractivity contribution in [1.82, 2.24) is 0 Å². The monoisotopic (exact) mass is 532 g/mol. The van der Waals surface area contributed by atoms with Gasteiger partial charge in [0.1, 0.15) is 17.7 Å². The Bertz CT molecular complexity index is 942. The molecular weight excluding hydrogens is 518 g/mol. The van der Waals surface area contributed by atoms with Crippen molar-refractivity contribution in [2.24, 2.45) is 5.73 Å². The van der Waals surface area contributed by atoms with Crippen LogP contribution in [0.25, 0.3) is 6.08 Å². The fourth-order valence-electron chi connectivity index (χ4n) is 2.19. The third-order valence-electron chi connectivity index (χ3n) is 3.42. The minimum absolute atomic E-state index is 0.0446. The van der Waals surface area contributed by atoms with Crippen molar-refractivity contribution >= 4 is 69.1 Å². The van der Waals surface area contributed by atoms with Crippen molar-refractivity contribution in [3.63, 3.8) is 0 Å². The lowest BCUT2D eigenvalue weighted by molar-refractivity contribution is 0.267. The molecular formula is C19H15Cl2IN2O2S. The first kappa shape index (κ1) is 21.8. The average Bonchev–Trinajstić information content (AvgIpc) is 2.60. The van der Waals surface area contributed by atoms with E-state index in [1.54, 1.807) is 24.3 Å². The summed E-state index contributed by atoms with van der Waals surface area (Å²) >= 11 is 19.2. The number of hydrogen-bond acceptors (Lipinski definition) is 4. The molecule has 27 heavy (non-hydrogen) atoms. The van der Waals surface area contributed by atoms with E-state index in [0.29, 0.717) is 28.2 Å². The smallest absolute Gasteiger partial charge is 0.175 e. The first-order valence-electron chi connectivity index (χ1n) is 7.80. The van der Waals surface area contributed by atoms with E-state index in [-0.39, 0.29) is 17.2 Å². The number of rotatable bonds is 7. The van der Waals surface area contributed by atoms with Crippen molar-refractivity contribution in [3.05, 3.63) is 60.6 Å². The summed E-state index contributed by atoms with van der Waals surface area (Å²) in [6, 6.07) is 10.9. The first-order chi connectivity index (χ1) is 12.8. The number of nitrogens with zero attached hydrogens (tertiary/aromatic N) is 1. The van der Waals surface area contributed by atoms with E-state index in [1.165, 1.54) is 0 Å². The lowest BCUT2D eigenvalue weighted by Crippen LogP contribution is -2.09. The summed E-state index contributed by atoms with van der Waals surface area (Å²) in [5, 5.41) is 10.2. The normalized spacial score (nSPS) is 11.0. The minimum Gasteiger partial charge on any atom is -0.490 e. The Morgan fingerprint density at radius 1 is 1.30 bits per heavy atom. The zero-order chi connectivity index (χ0) is 20.0. The molecule has 0 bridgehead atoms. The maximum atomic E-state index is 9.14. The number of nitriles is 1. The molecule has 0 aromatic heterocycles. The van der Waals surface area contributed by atoms with Crippen LogP contribution in [0.3, 0.4) is 0 Å². The molecule has 0 saturated carbocycles. The number of thiocarbonyl (C=S) groups is 1. The molecule has 140 valence electrons. The first-order valence-corrected chi connectivity index (χ1v) is 10.0. The third kappa shape index (κ3) is 5.98. The highest BCUT2D eigenvalue weighted by atomic mass is 127. The quantitative estimate of drug-likeness (QED) is 0.212. The summed E-state index contributed by atoms with van der Waals surface area (Å²) in [6.45, 7) is 2.60. The molecule has 2 aromatic rings. The van der Waals surface area contributed by atoms with Crippen molar-refractivity contribution < 1.29 is 9.47 Å². The van der Waals surface area contributed by atoms with Gasteiger partial charge in [0, 0.05) is 15.6 Å². The van der Waals surface area contributed by atoms with Gasteiger partial charge in [-0.05, 0) is 65.4 Å². The molecule has 0 heterocycles. The third-order valence-corrected chi connectivity index (χ3v) is 5.02. The lowest BCUT2D eigenvalue weighted by atomic mass is 10.1. The summed E-state index contributed by atoms with van der Waals surface area (Å²) in [5.74, 6) is 1.15. The molecule has 0 amide bonds. The van der Waals surface area contributed by atoms with Crippen molar-refractivity contribution in [2.45, 2.75) is 13.5 Å². The van der Waals surface area contributed by atoms with Gasteiger partial charge in [-0.3, -0.25) is 0 Å². The summed E-state index contributed by atoms with van der Waals surface area (Å²) in [6.07, 6.45) is 1.62. The molecule has 0 saturated heterocycles. The summed E-state index contributed by atoms with van der Waals surface area (Å²) in [7, 11) is 0. The molecule has 0 spiro atoms. The molecule has 2 aromatic carbocycles. The van der Waals surface area contributed by atoms with E-state index < -0.39 is 0 Å². The van der Waals surface area contributed by atoms with Crippen molar-refractivity contribution in [2.75, 3.05) is 6.61 Å². The average molecular weight is 533 g/mol. The van der Waals surface area contributed by atoms with E-state index in [4.69, 9.17) is 55.9 Å². The van der Waals surface area contributed by atoms with Gasteiger partial charge >= 0.3 is 0 Å². The van der Waals surface area contributed by atoms with E-state index in [1.807, 2.05) is 25.1 Å². The second kappa shape index (κ2) is 10.1. The predicted octanol–water partition coefficient (Wildman–Crippen LogP) is 5.77. The van der Waals surface area contributed by atoms with Gasteiger partial charge in [0.05, 0.1) is 15.8 Å². The Balaban J connectivity index is 2.36. The number of halogens is 3. The van der Waals surface area contributed by atoms with E-state index in [9.17, 15) is 0 Å². The number of hydrogen-bond donors (Lipinski definition) is 1. The van der Waals surface area contributed by atoms with E-state index >= 15 is 0 Å². The lowest BCUT2D eigenvalue weighted by Gasteiger charge is -2.15. The molecule has 0 aliphatic heterocycles. The van der Waals surface area contributed by atoms with Crippen LogP contribution in [0.4, 0.5) is 0 Å². The fraction of sp³-hybridized carbons (Fsp3) is 0.158. The van der Waals surface area contributed by atoms with Gasteiger partial charge in [0.25, 0.3) is 0 Å². The second-order valence-electron chi connectivity index (χ2n) is 5.32. The Kier molecular flexibility index (Phi) is 8.17. The highest BCUT2D eigenvalue weighted by molar-refractivity contribution is 14.1. The molecule has 0 aliphatic rings. The zero-order valence-electron chi connectivity index (χ0n) is 14.3. The van der Waals surface area contributed by atoms with Crippen LogP contribution in [0.5, 0.6) is 11.5 Å². The molecule has 4 nitrogen and oxygen atoms in total. The molecule has 2 N–H and O–H groups in total. The van der Waals surface area contributed by atoms with Crippen LogP contribution in [0.1, 0.15) is 18.1 Å². The highest BCUT2D eigenvalue weighted by Gasteiger charge is 2.14. The summed E-state index contributed by atoms with van der Waals surface area (Å²) in [5.41, 5.74) is 7.33. The van der Waals surface area contributed by atoms with Crippen LogP contribution in [0.2, 0.25) is 10.0 Å². The molecule has 0 radical (unpaired) electrons. The van der Waals surface area contributed by atoms with Gasteiger partial charge in [0.2, 0.25) is 0 Å². The Morgan fingerprint density at radius 3 is 2.63 bits per heavy atom. The van der Waals surface area contributed by atoms with E-state index in [0.717, 1.165) is 14.7 Å². The molecule has 8 heteroatoms. The van der Waals surface area contributed by atoms with Gasteiger partial charge in [-0.15, -0.1) is 0 Å². The van der Waals surface area contributed by atoms with Gasteiger partial charge in [0.15, 0.2) is 11.5 Å². The molecule has 0 atom stereocenters. The van der Waals surface area contributed by atoms with Gasteiger partial charge < -0.3 is 15.2 Å². The van der Waals surface area contributed by atoms with Crippen LogP contribution >= 0.6 is 58.0 Å². The molecule has 2 rings (SSSR count). The summed E-state index contributed by atoms with van der Waals surface area (Å²) < 4.78 is 12.5. The van der Waals surface area contributed by atoms with Crippen LogP contribution < -0.4 is 15.2 Å². The summed E-state index contributed by atoms with van der Waals surface area (Å²) in [4.78, 5) is 0.0446. The van der Waals surface area contributed by atoms with Gasteiger partial charge in [-0.2, -0.15) is 5.26 Å². The van der Waals surface area contributed by atoms with Crippen molar-refractivity contribution in [3.8, 4) is 17.6 Å². The van der Waals surface area contributed by atoms with Crippen LogP contribution in [0.15, 0.2) is 35.9 Å². The van der Waals surface area contributed by atoms with Crippen molar-refractivity contribution in [1.29, 1.82) is 5.26 Å². The number of ether oxygens (including phenoxy) is 2. The highest BCUT2D eigenvalue weighted by Crippen LogP contribution is 2.36. The second-order valence-corrected chi connectivity index (χ2v) is 7.77. The standard InChI is InChI=1S/C19H15Cl2IN2O2S/c1-2-25-17-7-11(5-13(9-23)19(24)27)6-16(22)18(17)26-10-12-3-4-14(20)8-15(12)21/h3-8H,2,10H2,1H3,(H2,24,27)/b13-5+. The molecule has 0 unspecified atom stereocenters. The van der Waals surface area contributed by atoms with Crippen LogP contribution in [-0.4, -0.2) is 11.6 Å². The number of benzene rings is 2. The maximum absolute atomic E-state index is 9.14. The largest absolute Gasteiger partial charge is 0.490 e. The SMILES string of the molecule is CCOc1cc(/C=C(\C#N)C(N)=S)cc(I)c1OCc1ccc(Cl)cc1Cl. The molecule has 0 aliphatic carbocycles. The Hall–Kier alpha value is -1.53. The van der Waals surface area contributed by atoms with Gasteiger partial charge in [-0.1, -0.05) is 41.5 Å². The maximum Gasteiger partial charge on any atom is 0.175 e. The Labute approximate surface area is 187 Å². The topological polar surface area (TPSA) is 68.3 Å². The zero-order valence-corrected chi connectivity index (χ0v) is 18.7. The predicted molar refractivity (Wildman–Crippen MR) is 121 cm³/mol. The fourth-order valence-corrected chi connectivity index (χ4v) is 3.54. The minimum atomic E-state index is 0.0446. The molecule has 0 fully saturated rings.